The number of hydrogen-bond acceptors (Lipinski definition) is 4. The van der Waals surface area contributed by atoms with Crippen LogP contribution < -0.4 is 16.0 Å². The zero-order valence-corrected chi connectivity index (χ0v) is 14.4. The molecule has 0 spiro atoms. The molecule has 0 aromatic heterocycles. The van der Waals surface area contributed by atoms with E-state index in [4.69, 9.17) is 23.3 Å². The SMILES string of the molecule is C#CCNC(=O)c1ccccc1NCC(=O)Nc1ccc(C#N)c(Cl)c1. The van der Waals surface area contributed by atoms with Gasteiger partial charge in [-0.25, -0.2) is 0 Å². The van der Waals surface area contributed by atoms with E-state index in [0.717, 1.165) is 0 Å². The number of rotatable bonds is 6. The van der Waals surface area contributed by atoms with Crippen molar-refractivity contribution in [3.05, 3.63) is 58.6 Å². The van der Waals surface area contributed by atoms with E-state index in [0.29, 0.717) is 22.5 Å². The van der Waals surface area contributed by atoms with Crippen LogP contribution in [0.2, 0.25) is 5.02 Å². The Hall–Kier alpha value is -3.48. The highest BCUT2D eigenvalue weighted by Gasteiger charge is 2.11. The highest BCUT2D eigenvalue weighted by atomic mass is 35.5. The summed E-state index contributed by atoms with van der Waals surface area (Å²) in [4.78, 5) is 24.2. The van der Waals surface area contributed by atoms with Crippen LogP contribution in [0.3, 0.4) is 0 Å². The number of halogens is 1. The highest BCUT2D eigenvalue weighted by Crippen LogP contribution is 2.20. The van der Waals surface area contributed by atoms with Gasteiger partial charge in [-0.2, -0.15) is 5.26 Å². The molecule has 2 aromatic rings. The number of benzene rings is 2. The highest BCUT2D eigenvalue weighted by molar-refractivity contribution is 6.32. The van der Waals surface area contributed by atoms with Gasteiger partial charge in [-0.15, -0.1) is 6.42 Å². The molecule has 0 aliphatic carbocycles. The van der Waals surface area contributed by atoms with Crippen molar-refractivity contribution in [1.82, 2.24) is 5.32 Å². The van der Waals surface area contributed by atoms with Crippen LogP contribution in [0, 0.1) is 23.7 Å². The summed E-state index contributed by atoms with van der Waals surface area (Å²) in [7, 11) is 0. The molecule has 130 valence electrons. The van der Waals surface area contributed by atoms with Crippen LogP contribution in [-0.2, 0) is 4.79 Å². The first kappa shape index (κ1) is 18.9. The molecule has 26 heavy (non-hydrogen) atoms. The fourth-order valence-electron chi connectivity index (χ4n) is 2.13. The normalized spacial score (nSPS) is 9.50. The molecule has 6 nitrogen and oxygen atoms in total. The molecule has 2 amide bonds. The van der Waals surface area contributed by atoms with E-state index in [1.807, 2.05) is 6.07 Å². The average Bonchev–Trinajstić information content (AvgIpc) is 2.65. The molecule has 0 heterocycles. The van der Waals surface area contributed by atoms with Gasteiger partial charge >= 0.3 is 0 Å². The van der Waals surface area contributed by atoms with E-state index < -0.39 is 0 Å². The predicted octanol–water partition coefficient (Wildman–Crippen LogP) is 2.63. The maximum atomic E-state index is 12.1. The zero-order valence-electron chi connectivity index (χ0n) is 13.7. The van der Waals surface area contributed by atoms with Gasteiger partial charge in [0.25, 0.3) is 5.91 Å². The molecule has 0 saturated carbocycles. The topological polar surface area (TPSA) is 94.0 Å². The minimum Gasteiger partial charge on any atom is -0.376 e. The second-order valence-electron chi connectivity index (χ2n) is 5.14. The van der Waals surface area contributed by atoms with Gasteiger partial charge in [-0.05, 0) is 30.3 Å². The number of hydrogen-bond donors (Lipinski definition) is 3. The summed E-state index contributed by atoms with van der Waals surface area (Å²) in [5.74, 6) is 1.67. The molecule has 7 heteroatoms. The number of amides is 2. The van der Waals surface area contributed by atoms with Gasteiger partial charge in [-0.1, -0.05) is 29.7 Å². The van der Waals surface area contributed by atoms with Crippen molar-refractivity contribution in [3.8, 4) is 18.4 Å². The van der Waals surface area contributed by atoms with Crippen molar-refractivity contribution in [2.24, 2.45) is 0 Å². The number of para-hydroxylation sites is 1. The number of nitrogens with zero attached hydrogens (tertiary/aromatic N) is 1. The summed E-state index contributed by atoms with van der Waals surface area (Å²) < 4.78 is 0. The molecular formula is C19H15ClN4O2. The third kappa shape index (κ3) is 5.01. The van der Waals surface area contributed by atoms with Crippen molar-refractivity contribution in [3.63, 3.8) is 0 Å². The number of carbonyl (C=O) groups excluding carboxylic acids is 2. The van der Waals surface area contributed by atoms with Crippen molar-refractivity contribution in [1.29, 1.82) is 5.26 Å². The van der Waals surface area contributed by atoms with E-state index in [2.05, 4.69) is 21.9 Å². The Bertz CT molecular complexity index is 912. The number of nitriles is 1. The third-order valence-electron chi connectivity index (χ3n) is 3.34. The molecule has 0 saturated heterocycles. The quantitative estimate of drug-likeness (QED) is 0.685. The van der Waals surface area contributed by atoms with E-state index in [1.54, 1.807) is 30.3 Å². The Morgan fingerprint density at radius 2 is 1.96 bits per heavy atom. The fraction of sp³-hybridized carbons (Fsp3) is 0.105. The van der Waals surface area contributed by atoms with Crippen LogP contribution in [0.4, 0.5) is 11.4 Å². The maximum absolute atomic E-state index is 12.1. The van der Waals surface area contributed by atoms with Crippen LogP contribution in [0.25, 0.3) is 0 Å². The number of anilines is 2. The Morgan fingerprint density at radius 1 is 1.19 bits per heavy atom. The Labute approximate surface area is 156 Å². The number of terminal acetylenes is 1. The largest absolute Gasteiger partial charge is 0.376 e. The number of nitrogens with one attached hydrogen (secondary N) is 3. The van der Waals surface area contributed by atoms with E-state index in [1.165, 1.54) is 12.1 Å². The lowest BCUT2D eigenvalue weighted by atomic mass is 10.1. The molecule has 3 N–H and O–H groups in total. The van der Waals surface area contributed by atoms with Crippen LogP contribution >= 0.6 is 11.6 Å². The lowest BCUT2D eigenvalue weighted by Gasteiger charge is -2.12. The first-order chi connectivity index (χ1) is 12.5. The molecule has 0 radical (unpaired) electrons. The Kier molecular flexibility index (Phi) is 6.61. The van der Waals surface area contributed by atoms with Crippen molar-refractivity contribution < 1.29 is 9.59 Å². The van der Waals surface area contributed by atoms with Gasteiger partial charge in [-0.3, -0.25) is 9.59 Å². The van der Waals surface area contributed by atoms with Crippen LogP contribution in [0.1, 0.15) is 15.9 Å². The van der Waals surface area contributed by atoms with Gasteiger partial charge in [0.15, 0.2) is 0 Å². The van der Waals surface area contributed by atoms with Gasteiger partial charge < -0.3 is 16.0 Å². The van der Waals surface area contributed by atoms with Crippen LogP contribution in [0.5, 0.6) is 0 Å². The molecule has 2 aromatic carbocycles. The zero-order chi connectivity index (χ0) is 18.9. The summed E-state index contributed by atoms with van der Waals surface area (Å²) in [6.07, 6.45) is 5.13. The minimum atomic E-state index is -0.329. The molecule has 0 aliphatic rings. The second kappa shape index (κ2) is 9.12. The smallest absolute Gasteiger partial charge is 0.254 e. The lowest BCUT2D eigenvalue weighted by Crippen LogP contribution is -2.26. The van der Waals surface area contributed by atoms with Crippen molar-refractivity contribution in [2.75, 3.05) is 23.7 Å². The third-order valence-corrected chi connectivity index (χ3v) is 3.65. The molecule has 0 unspecified atom stereocenters. The summed E-state index contributed by atoms with van der Waals surface area (Å²) in [5.41, 5.74) is 1.70. The summed E-state index contributed by atoms with van der Waals surface area (Å²) in [5, 5.41) is 17.3. The number of carbonyl (C=O) groups is 2. The van der Waals surface area contributed by atoms with Crippen LogP contribution in [-0.4, -0.2) is 24.9 Å². The van der Waals surface area contributed by atoms with E-state index in [9.17, 15) is 9.59 Å². The van der Waals surface area contributed by atoms with E-state index in [-0.39, 0.29) is 29.9 Å². The van der Waals surface area contributed by atoms with Crippen molar-refractivity contribution >= 4 is 34.8 Å². The van der Waals surface area contributed by atoms with Gasteiger partial charge in [0.05, 0.1) is 29.2 Å². The monoisotopic (exact) mass is 366 g/mol. The molecule has 2 rings (SSSR count). The Balaban J connectivity index is 2.00. The van der Waals surface area contributed by atoms with E-state index >= 15 is 0 Å². The summed E-state index contributed by atoms with van der Waals surface area (Å²) in [6, 6.07) is 13.3. The molecule has 0 aliphatic heterocycles. The second-order valence-corrected chi connectivity index (χ2v) is 5.55. The van der Waals surface area contributed by atoms with Crippen molar-refractivity contribution in [2.45, 2.75) is 0 Å². The van der Waals surface area contributed by atoms with Gasteiger partial charge in [0, 0.05) is 11.4 Å². The summed E-state index contributed by atoms with van der Waals surface area (Å²) >= 11 is 5.94. The first-order valence-electron chi connectivity index (χ1n) is 7.59. The fourth-order valence-corrected chi connectivity index (χ4v) is 2.35. The predicted molar refractivity (Wildman–Crippen MR) is 101 cm³/mol. The van der Waals surface area contributed by atoms with Gasteiger partial charge in [0.1, 0.15) is 6.07 Å². The molecular weight excluding hydrogens is 352 g/mol. The standard InChI is InChI=1S/C19H15ClN4O2/c1-2-9-22-19(26)15-5-3-4-6-17(15)23-12-18(25)24-14-8-7-13(11-21)16(20)10-14/h1,3-8,10,23H,9,12H2,(H,22,26)(H,24,25). The summed E-state index contributed by atoms with van der Waals surface area (Å²) in [6.45, 7) is 0.0597. The Morgan fingerprint density at radius 3 is 2.65 bits per heavy atom. The van der Waals surface area contributed by atoms with Gasteiger partial charge in [0.2, 0.25) is 5.91 Å². The first-order valence-corrected chi connectivity index (χ1v) is 7.97. The molecule has 0 bridgehead atoms. The molecule has 0 fully saturated rings. The average molecular weight is 367 g/mol. The minimum absolute atomic E-state index is 0.0585. The lowest BCUT2D eigenvalue weighted by molar-refractivity contribution is -0.114. The van der Waals surface area contributed by atoms with Crippen LogP contribution in [0.15, 0.2) is 42.5 Å². The maximum Gasteiger partial charge on any atom is 0.254 e. The molecule has 0 atom stereocenters.